The molecule has 0 aromatic heterocycles. The summed E-state index contributed by atoms with van der Waals surface area (Å²) < 4.78 is 0. The molecule has 2 aliphatic carbocycles. The fourth-order valence-corrected chi connectivity index (χ4v) is 3.04. The molecule has 70 valence electrons. The van der Waals surface area contributed by atoms with Crippen LogP contribution in [0.25, 0.3) is 0 Å². The lowest BCUT2D eigenvalue weighted by atomic mass is 9.67. The molecule has 12 heavy (non-hydrogen) atoms. The third-order valence-electron chi connectivity index (χ3n) is 3.70. The molecule has 2 aliphatic rings. The number of hydrogen-bond acceptors (Lipinski definition) is 2. The standard InChI is InChI=1S/C10H19NO/c11-10(12)7-3-5-8-4-1-2-6-9(8)10/h8-9,12H,1-7,11H2. The van der Waals surface area contributed by atoms with Gasteiger partial charge in [-0.15, -0.1) is 0 Å². The molecule has 0 aromatic carbocycles. The largest absolute Gasteiger partial charge is 0.376 e. The number of hydrogen-bond donors (Lipinski definition) is 2. The van der Waals surface area contributed by atoms with Gasteiger partial charge in [0.25, 0.3) is 0 Å². The summed E-state index contributed by atoms with van der Waals surface area (Å²) in [5.41, 5.74) is 5.06. The lowest BCUT2D eigenvalue weighted by Crippen LogP contribution is -2.53. The Hall–Kier alpha value is -0.0800. The van der Waals surface area contributed by atoms with E-state index < -0.39 is 5.72 Å². The van der Waals surface area contributed by atoms with Crippen molar-refractivity contribution in [2.45, 2.75) is 50.7 Å². The zero-order valence-electron chi connectivity index (χ0n) is 7.63. The summed E-state index contributed by atoms with van der Waals surface area (Å²) in [4.78, 5) is 0. The third-order valence-corrected chi connectivity index (χ3v) is 3.70. The van der Waals surface area contributed by atoms with E-state index in [4.69, 9.17) is 5.73 Å². The van der Waals surface area contributed by atoms with Gasteiger partial charge in [-0.1, -0.05) is 19.3 Å². The Morgan fingerprint density at radius 2 is 1.75 bits per heavy atom. The Morgan fingerprint density at radius 3 is 2.50 bits per heavy atom. The van der Waals surface area contributed by atoms with Crippen molar-refractivity contribution in [1.82, 2.24) is 0 Å². The first-order chi connectivity index (χ1) is 5.70. The molecule has 0 bridgehead atoms. The van der Waals surface area contributed by atoms with Crippen LogP contribution < -0.4 is 5.73 Å². The molecule has 0 radical (unpaired) electrons. The highest BCUT2D eigenvalue weighted by atomic mass is 16.3. The second-order valence-electron chi connectivity index (χ2n) is 4.53. The van der Waals surface area contributed by atoms with Gasteiger partial charge in [-0.25, -0.2) is 0 Å². The average Bonchev–Trinajstić information content (AvgIpc) is 2.04. The molecule has 0 aromatic rings. The monoisotopic (exact) mass is 169 g/mol. The topological polar surface area (TPSA) is 46.2 Å². The smallest absolute Gasteiger partial charge is 0.116 e. The molecule has 0 saturated heterocycles. The van der Waals surface area contributed by atoms with Gasteiger partial charge in [-0.3, -0.25) is 0 Å². The fourth-order valence-electron chi connectivity index (χ4n) is 3.04. The maximum absolute atomic E-state index is 9.95. The van der Waals surface area contributed by atoms with Gasteiger partial charge in [0.05, 0.1) is 0 Å². The van der Waals surface area contributed by atoms with E-state index in [1.807, 2.05) is 0 Å². The normalized spacial score (nSPS) is 48.5. The van der Waals surface area contributed by atoms with Crippen molar-refractivity contribution in [1.29, 1.82) is 0 Å². The van der Waals surface area contributed by atoms with Gasteiger partial charge in [0.2, 0.25) is 0 Å². The van der Waals surface area contributed by atoms with Crippen LogP contribution in [0.3, 0.4) is 0 Å². The summed E-state index contributed by atoms with van der Waals surface area (Å²) in [5.74, 6) is 1.13. The summed E-state index contributed by atoms with van der Waals surface area (Å²) >= 11 is 0. The van der Waals surface area contributed by atoms with Crippen LogP contribution in [-0.2, 0) is 0 Å². The van der Waals surface area contributed by atoms with Gasteiger partial charge in [0.1, 0.15) is 5.72 Å². The molecule has 3 atom stereocenters. The lowest BCUT2D eigenvalue weighted by Gasteiger charge is -2.45. The SMILES string of the molecule is NC1(O)CCCC2CCCCC21. The number of aliphatic hydroxyl groups is 1. The van der Waals surface area contributed by atoms with E-state index in [-0.39, 0.29) is 0 Å². The molecular weight excluding hydrogens is 150 g/mol. The van der Waals surface area contributed by atoms with Gasteiger partial charge >= 0.3 is 0 Å². The lowest BCUT2D eigenvalue weighted by molar-refractivity contribution is -0.0833. The number of fused-ring (bicyclic) bond motifs is 1. The van der Waals surface area contributed by atoms with Crippen LogP contribution in [0.1, 0.15) is 44.9 Å². The van der Waals surface area contributed by atoms with Crippen molar-refractivity contribution in [2.24, 2.45) is 17.6 Å². The van der Waals surface area contributed by atoms with Gasteiger partial charge in [0.15, 0.2) is 0 Å². The van der Waals surface area contributed by atoms with Crippen LogP contribution in [0.2, 0.25) is 0 Å². The average molecular weight is 169 g/mol. The highest BCUT2D eigenvalue weighted by molar-refractivity contribution is 4.91. The van der Waals surface area contributed by atoms with E-state index in [1.54, 1.807) is 0 Å². The first kappa shape index (κ1) is 8.52. The van der Waals surface area contributed by atoms with E-state index in [2.05, 4.69) is 0 Å². The zero-order valence-corrected chi connectivity index (χ0v) is 7.63. The van der Waals surface area contributed by atoms with E-state index in [9.17, 15) is 5.11 Å². The molecule has 3 N–H and O–H groups in total. The highest BCUT2D eigenvalue weighted by Gasteiger charge is 2.42. The minimum atomic E-state index is -0.830. The summed E-state index contributed by atoms with van der Waals surface area (Å²) in [6.45, 7) is 0. The molecule has 0 amide bonds. The molecule has 0 heterocycles. The number of nitrogens with two attached hydrogens (primary N) is 1. The van der Waals surface area contributed by atoms with Crippen molar-refractivity contribution >= 4 is 0 Å². The third kappa shape index (κ3) is 1.38. The maximum Gasteiger partial charge on any atom is 0.116 e. The van der Waals surface area contributed by atoms with Crippen molar-refractivity contribution in [2.75, 3.05) is 0 Å². The van der Waals surface area contributed by atoms with Gasteiger partial charge in [-0.2, -0.15) is 0 Å². The summed E-state index contributed by atoms with van der Waals surface area (Å²) in [6, 6.07) is 0. The van der Waals surface area contributed by atoms with Gasteiger partial charge < -0.3 is 10.8 Å². The Balaban J connectivity index is 2.09. The predicted octanol–water partition coefficient (Wildman–Crippen LogP) is 1.62. The van der Waals surface area contributed by atoms with Crippen LogP contribution in [0, 0.1) is 11.8 Å². The highest BCUT2D eigenvalue weighted by Crippen LogP contribution is 2.43. The minimum Gasteiger partial charge on any atom is -0.376 e. The van der Waals surface area contributed by atoms with Crippen LogP contribution in [-0.4, -0.2) is 10.8 Å². The minimum absolute atomic E-state index is 0.403. The van der Waals surface area contributed by atoms with Crippen molar-refractivity contribution in [3.8, 4) is 0 Å². The van der Waals surface area contributed by atoms with Crippen molar-refractivity contribution in [3.05, 3.63) is 0 Å². The molecule has 0 aliphatic heterocycles. The van der Waals surface area contributed by atoms with E-state index in [0.29, 0.717) is 5.92 Å². The van der Waals surface area contributed by atoms with Crippen LogP contribution in [0.4, 0.5) is 0 Å². The quantitative estimate of drug-likeness (QED) is 0.541. The van der Waals surface area contributed by atoms with Crippen molar-refractivity contribution in [3.63, 3.8) is 0 Å². The molecule has 2 nitrogen and oxygen atoms in total. The number of rotatable bonds is 0. The molecule has 2 rings (SSSR count). The Morgan fingerprint density at radius 1 is 1.08 bits per heavy atom. The molecule has 2 heteroatoms. The zero-order chi connectivity index (χ0) is 8.60. The molecular formula is C10H19NO. The second-order valence-corrected chi connectivity index (χ2v) is 4.53. The molecule has 2 fully saturated rings. The Labute approximate surface area is 74.1 Å². The van der Waals surface area contributed by atoms with Crippen molar-refractivity contribution < 1.29 is 5.11 Å². The maximum atomic E-state index is 9.95. The van der Waals surface area contributed by atoms with E-state index in [1.165, 1.54) is 25.7 Å². The fraction of sp³-hybridized carbons (Fsp3) is 1.00. The summed E-state index contributed by atoms with van der Waals surface area (Å²) in [5, 5.41) is 9.95. The molecule has 0 spiro atoms. The Bertz CT molecular complexity index is 165. The van der Waals surface area contributed by atoms with E-state index >= 15 is 0 Å². The predicted molar refractivity (Wildman–Crippen MR) is 48.4 cm³/mol. The first-order valence-corrected chi connectivity index (χ1v) is 5.21. The van der Waals surface area contributed by atoms with Gasteiger partial charge in [0, 0.05) is 5.92 Å². The van der Waals surface area contributed by atoms with Crippen LogP contribution in [0.5, 0.6) is 0 Å². The summed E-state index contributed by atoms with van der Waals surface area (Å²) in [7, 11) is 0. The van der Waals surface area contributed by atoms with Crippen LogP contribution in [0.15, 0.2) is 0 Å². The summed E-state index contributed by atoms with van der Waals surface area (Å²) in [6.07, 6.45) is 8.28. The first-order valence-electron chi connectivity index (χ1n) is 5.21. The molecule has 3 unspecified atom stereocenters. The molecule has 2 saturated carbocycles. The van der Waals surface area contributed by atoms with Crippen LogP contribution >= 0.6 is 0 Å². The van der Waals surface area contributed by atoms with Gasteiger partial charge in [-0.05, 0) is 31.6 Å². The Kier molecular flexibility index (Phi) is 2.13. The van der Waals surface area contributed by atoms with E-state index in [0.717, 1.165) is 25.2 Å². The second kappa shape index (κ2) is 3.00.